The minimum absolute atomic E-state index is 0.0406. The quantitative estimate of drug-likeness (QED) is 0.647. The third-order valence-electron chi connectivity index (χ3n) is 4.00. The number of H-pyrrole nitrogens is 2. The molecule has 2 aromatic rings. The smallest absolute Gasteiger partial charge is 0.325 e. The number of likely N-dealkylation sites (N-methyl/N-ethyl adjacent to an activating group) is 1. The minimum atomic E-state index is -0.584. The van der Waals surface area contributed by atoms with Crippen molar-refractivity contribution in [1.29, 1.82) is 0 Å². The first-order valence-electron chi connectivity index (χ1n) is 8.30. The van der Waals surface area contributed by atoms with Crippen molar-refractivity contribution >= 4 is 17.5 Å². The maximum atomic E-state index is 12.2. The molecule has 0 saturated heterocycles. The van der Waals surface area contributed by atoms with Gasteiger partial charge in [0.2, 0.25) is 11.8 Å². The summed E-state index contributed by atoms with van der Waals surface area (Å²) in [6.45, 7) is 1.47. The number of benzene rings is 1. The summed E-state index contributed by atoms with van der Waals surface area (Å²) in [7, 11) is 3.04. The van der Waals surface area contributed by atoms with Gasteiger partial charge < -0.3 is 19.9 Å². The van der Waals surface area contributed by atoms with E-state index in [-0.39, 0.29) is 31.2 Å². The number of aryl methyl sites for hydroxylation is 1. The number of hydrogen-bond acceptors (Lipinski definition) is 5. The molecule has 1 heterocycles. The van der Waals surface area contributed by atoms with Crippen molar-refractivity contribution in [2.24, 2.45) is 0 Å². The molecule has 27 heavy (non-hydrogen) atoms. The summed E-state index contributed by atoms with van der Waals surface area (Å²) in [6, 6.07) is 6.89. The van der Waals surface area contributed by atoms with Crippen LogP contribution in [-0.2, 0) is 16.0 Å². The fourth-order valence-electron chi connectivity index (χ4n) is 2.55. The van der Waals surface area contributed by atoms with E-state index in [4.69, 9.17) is 4.74 Å². The summed E-state index contributed by atoms with van der Waals surface area (Å²) >= 11 is 0. The fraction of sp³-hybridized carbons (Fsp3) is 0.333. The Balaban J connectivity index is 1.90. The lowest BCUT2D eigenvalue weighted by Crippen LogP contribution is -2.35. The Morgan fingerprint density at radius 3 is 2.63 bits per heavy atom. The molecule has 0 spiro atoms. The number of ether oxygens (including phenoxy) is 1. The van der Waals surface area contributed by atoms with Crippen molar-refractivity contribution in [3.8, 4) is 5.75 Å². The molecule has 2 amide bonds. The molecule has 0 unspecified atom stereocenters. The summed E-state index contributed by atoms with van der Waals surface area (Å²) in [5.74, 6) is -0.0308. The lowest BCUT2D eigenvalue weighted by molar-refractivity contribution is -0.133. The van der Waals surface area contributed by atoms with Crippen LogP contribution in [0.15, 0.2) is 33.9 Å². The molecule has 9 heteroatoms. The van der Waals surface area contributed by atoms with E-state index >= 15 is 0 Å². The van der Waals surface area contributed by atoms with Gasteiger partial charge in [-0.2, -0.15) is 0 Å². The predicted molar refractivity (Wildman–Crippen MR) is 100 cm³/mol. The van der Waals surface area contributed by atoms with Crippen molar-refractivity contribution in [3.05, 3.63) is 56.4 Å². The molecule has 0 saturated carbocycles. The Kier molecular flexibility index (Phi) is 6.53. The van der Waals surface area contributed by atoms with Gasteiger partial charge >= 0.3 is 5.69 Å². The number of nitrogens with zero attached hydrogens (tertiary/aromatic N) is 1. The van der Waals surface area contributed by atoms with Gasteiger partial charge in [-0.25, -0.2) is 4.79 Å². The van der Waals surface area contributed by atoms with Gasteiger partial charge in [-0.05, 0) is 25.5 Å². The highest BCUT2D eigenvalue weighted by atomic mass is 16.5. The summed E-state index contributed by atoms with van der Waals surface area (Å²) in [5.41, 5.74) is 0.240. The molecule has 9 nitrogen and oxygen atoms in total. The van der Waals surface area contributed by atoms with Crippen molar-refractivity contribution < 1.29 is 14.3 Å². The SMILES string of the molecule is COc1cccc(NC(=O)CN(C)C(=O)CCc2c(C)[nH]c(=O)[nH]c2=O)c1. The van der Waals surface area contributed by atoms with E-state index in [1.165, 1.54) is 19.1 Å². The number of aromatic nitrogens is 2. The van der Waals surface area contributed by atoms with Crippen molar-refractivity contribution in [3.63, 3.8) is 0 Å². The van der Waals surface area contributed by atoms with Gasteiger partial charge in [0, 0.05) is 36.5 Å². The second-order valence-electron chi connectivity index (χ2n) is 6.04. The highest BCUT2D eigenvalue weighted by Gasteiger charge is 2.15. The maximum absolute atomic E-state index is 12.2. The van der Waals surface area contributed by atoms with Gasteiger partial charge in [-0.3, -0.25) is 19.4 Å². The van der Waals surface area contributed by atoms with Gasteiger partial charge in [0.05, 0.1) is 13.7 Å². The molecular weight excluding hydrogens is 352 g/mol. The zero-order chi connectivity index (χ0) is 20.0. The Labute approximate surface area is 155 Å². The van der Waals surface area contributed by atoms with Crippen LogP contribution in [-0.4, -0.2) is 47.4 Å². The predicted octanol–water partition coefficient (Wildman–Crippen LogP) is 0.410. The highest BCUT2D eigenvalue weighted by molar-refractivity contribution is 5.94. The number of rotatable bonds is 7. The van der Waals surface area contributed by atoms with E-state index in [9.17, 15) is 19.2 Å². The molecule has 0 fully saturated rings. The number of aromatic amines is 2. The first kappa shape index (κ1) is 20.0. The van der Waals surface area contributed by atoms with E-state index in [0.717, 1.165) is 0 Å². The first-order chi connectivity index (χ1) is 12.8. The van der Waals surface area contributed by atoms with E-state index < -0.39 is 11.2 Å². The van der Waals surface area contributed by atoms with Gasteiger partial charge in [0.1, 0.15) is 5.75 Å². The Bertz CT molecular complexity index is 947. The first-order valence-corrected chi connectivity index (χ1v) is 8.30. The molecule has 2 rings (SSSR count). The molecule has 0 radical (unpaired) electrons. The molecule has 144 valence electrons. The maximum Gasteiger partial charge on any atom is 0.325 e. The van der Waals surface area contributed by atoms with Gasteiger partial charge in [0.25, 0.3) is 5.56 Å². The van der Waals surface area contributed by atoms with Crippen LogP contribution in [0.2, 0.25) is 0 Å². The summed E-state index contributed by atoms with van der Waals surface area (Å²) in [5, 5.41) is 2.69. The topological polar surface area (TPSA) is 124 Å². The van der Waals surface area contributed by atoms with Crippen LogP contribution in [0.5, 0.6) is 5.75 Å². The number of methoxy groups -OCH3 is 1. The summed E-state index contributed by atoms with van der Waals surface area (Å²) < 4.78 is 5.09. The highest BCUT2D eigenvalue weighted by Crippen LogP contribution is 2.16. The lowest BCUT2D eigenvalue weighted by atomic mass is 10.1. The fourth-order valence-corrected chi connectivity index (χ4v) is 2.55. The van der Waals surface area contributed by atoms with Crippen LogP contribution in [0.4, 0.5) is 5.69 Å². The van der Waals surface area contributed by atoms with Gasteiger partial charge in [-0.1, -0.05) is 6.07 Å². The largest absolute Gasteiger partial charge is 0.497 e. The van der Waals surface area contributed by atoms with Crippen LogP contribution >= 0.6 is 0 Å². The Morgan fingerprint density at radius 1 is 1.22 bits per heavy atom. The van der Waals surface area contributed by atoms with Gasteiger partial charge in [0.15, 0.2) is 0 Å². The summed E-state index contributed by atoms with van der Waals surface area (Å²) in [4.78, 5) is 53.2. The number of hydrogen-bond donors (Lipinski definition) is 3. The van der Waals surface area contributed by atoms with E-state index in [1.807, 2.05) is 0 Å². The average molecular weight is 374 g/mol. The second-order valence-corrected chi connectivity index (χ2v) is 6.04. The third-order valence-corrected chi connectivity index (χ3v) is 4.00. The zero-order valence-corrected chi connectivity index (χ0v) is 15.4. The molecule has 0 aliphatic heterocycles. The Hall–Kier alpha value is -3.36. The minimum Gasteiger partial charge on any atom is -0.497 e. The monoisotopic (exact) mass is 374 g/mol. The van der Waals surface area contributed by atoms with Crippen LogP contribution in [0, 0.1) is 6.92 Å². The lowest BCUT2D eigenvalue weighted by Gasteiger charge is -2.17. The van der Waals surface area contributed by atoms with Crippen LogP contribution < -0.4 is 21.3 Å². The molecule has 0 aliphatic carbocycles. The van der Waals surface area contributed by atoms with Crippen molar-refractivity contribution in [1.82, 2.24) is 14.9 Å². The molecule has 0 bridgehead atoms. The standard InChI is InChI=1S/C18H22N4O5/c1-11-14(17(25)21-18(26)19-11)7-8-16(24)22(2)10-15(23)20-12-5-4-6-13(9-12)27-3/h4-6,9H,7-8,10H2,1-3H3,(H,20,23)(H2,19,21,25,26). The number of carbonyl (C=O) groups excluding carboxylic acids is 2. The van der Waals surface area contributed by atoms with Crippen molar-refractivity contribution in [2.45, 2.75) is 19.8 Å². The molecule has 1 aromatic carbocycles. The number of anilines is 1. The number of amides is 2. The van der Waals surface area contributed by atoms with E-state index in [0.29, 0.717) is 22.7 Å². The summed E-state index contributed by atoms with van der Waals surface area (Å²) in [6.07, 6.45) is 0.206. The van der Waals surface area contributed by atoms with E-state index in [2.05, 4.69) is 15.3 Å². The van der Waals surface area contributed by atoms with Crippen LogP contribution in [0.25, 0.3) is 0 Å². The molecule has 3 N–H and O–H groups in total. The molecule has 0 aliphatic rings. The van der Waals surface area contributed by atoms with Crippen LogP contribution in [0.3, 0.4) is 0 Å². The zero-order valence-electron chi connectivity index (χ0n) is 15.4. The third kappa shape index (κ3) is 5.56. The Morgan fingerprint density at radius 2 is 1.96 bits per heavy atom. The van der Waals surface area contributed by atoms with Crippen LogP contribution in [0.1, 0.15) is 17.7 Å². The van der Waals surface area contributed by atoms with E-state index in [1.54, 1.807) is 31.2 Å². The molecule has 1 aromatic heterocycles. The average Bonchev–Trinajstić information content (AvgIpc) is 2.60. The molecule has 0 atom stereocenters. The van der Waals surface area contributed by atoms with Gasteiger partial charge in [-0.15, -0.1) is 0 Å². The van der Waals surface area contributed by atoms with Crippen molar-refractivity contribution in [2.75, 3.05) is 26.0 Å². The normalized spacial score (nSPS) is 10.3. The molecular formula is C18H22N4O5. The number of carbonyl (C=O) groups is 2. The number of nitrogens with one attached hydrogen (secondary N) is 3. The second kappa shape index (κ2) is 8.84.